The first kappa shape index (κ1) is 14.6. The summed E-state index contributed by atoms with van der Waals surface area (Å²) >= 11 is 0. The quantitative estimate of drug-likeness (QED) is 0.861. The summed E-state index contributed by atoms with van der Waals surface area (Å²) in [5.41, 5.74) is 0. The average molecular weight is 290 g/mol. The second-order valence-corrected chi connectivity index (χ2v) is 6.43. The molecule has 3 rings (SSSR count). The Hall–Kier alpha value is -1.36. The molecule has 1 aliphatic carbocycles. The fourth-order valence-corrected chi connectivity index (χ4v) is 3.59. The van der Waals surface area contributed by atoms with Gasteiger partial charge in [-0.05, 0) is 12.8 Å². The van der Waals surface area contributed by atoms with Crippen molar-refractivity contribution in [1.29, 1.82) is 0 Å². The molecular weight excluding hydrogens is 264 g/mol. The lowest BCUT2D eigenvalue weighted by Crippen LogP contribution is -2.38. The molecule has 5 nitrogen and oxygen atoms in total. The number of aromatic nitrogens is 2. The molecule has 116 valence electrons. The maximum atomic E-state index is 12.3. The lowest BCUT2D eigenvalue weighted by molar-refractivity contribution is -0.129. The molecule has 1 amide bonds. The third-order valence-electron chi connectivity index (χ3n) is 4.89. The molecule has 5 heteroatoms. The fourth-order valence-electron chi connectivity index (χ4n) is 3.59. The van der Waals surface area contributed by atoms with Crippen LogP contribution in [0.15, 0.2) is 12.4 Å². The molecule has 2 fully saturated rings. The van der Waals surface area contributed by atoms with Crippen molar-refractivity contribution in [2.75, 3.05) is 6.54 Å². The van der Waals surface area contributed by atoms with Gasteiger partial charge >= 0.3 is 0 Å². The van der Waals surface area contributed by atoms with E-state index in [1.54, 1.807) is 0 Å². The van der Waals surface area contributed by atoms with Gasteiger partial charge in [0.05, 0.1) is 6.54 Å². The van der Waals surface area contributed by atoms with Crippen LogP contribution in [0.1, 0.15) is 50.8 Å². The van der Waals surface area contributed by atoms with Gasteiger partial charge in [0.25, 0.3) is 0 Å². The minimum Gasteiger partial charge on any atom is -0.338 e. The standard InChI is InChI=1S/C16H26N4O/c1-19-9-8-17-15(19)11-18-13-10-16(21)20(12-13)14-6-4-2-3-5-7-14/h8-9,13-14,18H,2-7,10-12H2,1H3/t13-/m0/s1. The summed E-state index contributed by atoms with van der Waals surface area (Å²) in [6, 6.07) is 0.761. The Kier molecular flexibility index (Phi) is 4.58. The molecule has 1 N–H and O–H groups in total. The Balaban J connectivity index is 1.53. The highest BCUT2D eigenvalue weighted by Crippen LogP contribution is 2.25. The fraction of sp³-hybridized carbons (Fsp3) is 0.750. The highest BCUT2D eigenvalue weighted by molar-refractivity contribution is 5.79. The Morgan fingerprint density at radius 3 is 2.71 bits per heavy atom. The second kappa shape index (κ2) is 6.60. The Bertz CT molecular complexity index is 476. The summed E-state index contributed by atoms with van der Waals surface area (Å²) in [5.74, 6) is 1.36. The van der Waals surface area contributed by atoms with E-state index >= 15 is 0 Å². The van der Waals surface area contributed by atoms with Crippen LogP contribution in [0.3, 0.4) is 0 Å². The van der Waals surface area contributed by atoms with Gasteiger partial charge in [0.1, 0.15) is 5.82 Å². The van der Waals surface area contributed by atoms with Gasteiger partial charge in [0.2, 0.25) is 5.91 Å². The number of amides is 1. The van der Waals surface area contributed by atoms with Crippen molar-refractivity contribution in [3.8, 4) is 0 Å². The topological polar surface area (TPSA) is 50.2 Å². The van der Waals surface area contributed by atoms with E-state index in [4.69, 9.17) is 0 Å². The molecule has 0 spiro atoms. The van der Waals surface area contributed by atoms with E-state index < -0.39 is 0 Å². The number of aryl methyl sites for hydroxylation is 1. The Morgan fingerprint density at radius 1 is 1.29 bits per heavy atom. The van der Waals surface area contributed by atoms with E-state index in [0.717, 1.165) is 18.9 Å². The lowest BCUT2D eigenvalue weighted by Gasteiger charge is -2.27. The van der Waals surface area contributed by atoms with Gasteiger partial charge in [-0.15, -0.1) is 0 Å². The molecule has 1 atom stereocenters. The zero-order valence-corrected chi connectivity index (χ0v) is 12.9. The van der Waals surface area contributed by atoms with Gasteiger partial charge in [0, 0.05) is 44.5 Å². The first-order valence-electron chi connectivity index (χ1n) is 8.23. The minimum absolute atomic E-state index is 0.275. The van der Waals surface area contributed by atoms with Gasteiger partial charge in [-0.1, -0.05) is 25.7 Å². The molecule has 2 heterocycles. The van der Waals surface area contributed by atoms with Crippen LogP contribution in [-0.4, -0.2) is 39.0 Å². The van der Waals surface area contributed by atoms with Crippen LogP contribution in [-0.2, 0) is 18.4 Å². The normalized spacial score (nSPS) is 24.5. The number of carbonyl (C=O) groups is 1. The molecule has 0 aromatic carbocycles. The zero-order valence-electron chi connectivity index (χ0n) is 12.9. The summed E-state index contributed by atoms with van der Waals surface area (Å²) in [4.78, 5) is 18.7. The number of hydrogen-bond acceptors (Lipinski definition) is 3. The molecule has 1 aliphatic heterocycles. The summed E-state index contributed by atoms with van der Waals surface area (Å²) < 4.78 is 2.02. The van der Waals surface area contributed by atoms with Gasteiger partial charge in [-0.3, -0.25) is 4.79 Å². The number of nitrogens with one attached hydrogen (secondary N) is 1. The molecule has 1 saturated carbocycles. The summed E-state index contributed by atoms with van der Waals surface area (Å²) in [5, 5.41) is 3.49. The lowest BCUT2D eigenvalue weighted by atomic mass is 10.1. The smallest absolute Gasteiger partial charge is 0.224 e. The van der Waals surface area contributed by atoms with Crippen molar-refractivity contribution >= 4 is 5.91 Å². The van der Waals surface area contributed by atoms with E-state index in [2.05, 4.69) is 15.2 Å². The van der Waals surface area contributed by atoms with Crippen LogP contribution in [0.25, 0.3) is 0 Å². The summed E-state index contributed by atoms with van der Waals surface area (Å²) in [6.07, 6.45) is 12.0. The molecule has 0 bridgehead atoms. The molecule has 0 radical (unpaired) electrons. The first-order valence-corrected chi connectivity index (χ1v) is 8.23. The van der Waals surface area contributed by atoms with Crippen LogP contribution in [0.5, 0.6) is 0 Å². The molecule has 21 heavy (non-hydrogen) atoms. The maximum absolute atomic E-state index is 12.3. The zero-order chi connectivity index (χ0) is 14.7. The predicted octanol–water partition coefficient (Wildman–Crippen LogP) is 1.83. The minimum atomic E-state index is 0.275. The van der Waals surface area contributed by atoms with Crippen LogP contribution < -0.4 is 5.32 Å². The van der Waals surface area contributed by atoms with Crippen molar-refractivity contribution in [3.05, 3.63) is 18.2 Å². The average Bonchev–Trinajstić information content (AvgIpc) is 2.93. The van der Waals surface area contributed by atoms with Gasteiger partial charge < -0.3 is 14.8 Å². The van der Waals surface area contributed by atoms with Crippen LogP contribution in [0, 0.1) is 0 Å². The van der Waals surface area contributed by atoms with Crippen molar-refractivity contribution in [2.24, 2.45) is 7.05 Å². The third kappa shape index (κ3) is 3.46. The molecule has 1 saturated heterocycles. The number of imidazole rings is 1. The second-order valence-electron chi connectivity index (χ2n) is 6.43. The van der Waals surface area contributed by atoms with Gasteiger partial charge in [-0.25, -0.2) is 4.98 Å². The predicted molar refractivity (Wildman–Crippen MR) is 81.7 cm³/mol. The molecule has 1 aromatic heterocycles. The van der Waals surface area contributed by atoms with Gasteiger partial charge in [-0.2, -0.15) is 0 Å². The number of nitrogens with zero attached hydrogens (tertiary/aromatic N) is 3. The van der Waals surface area contributed by atoms with E-state index in [0.29, 0.717) is 18.4 Å². The molecular formula is C16H26N4O. The molecule has 0 unspecified atom stereocenters. The highest BCUT2D eigenvalue weighted by Gasteiger charge is 2.34. The largest absolute Gasteiger partial charge is 0.338 e. The molecule has 2 aliphatic rings. The van der Waals surface area contributed by atoms with Crippen LogP contribution in [0.2, 0.25) is 0 Å². The van der Waals surface area contributed by atoms with Crippen molar-refractivity contribution in [3.63, 3.8) is 0 Å². The number of likely N-dealkylation sites (tertiary alicyclic amines) is 1. The molecule has 1 aromatic rings. The Labute approximate surface area is 126 Å². The summed E-state index contributed by atoms with van der Waals surface area (Å²) in [6.45, 7) is 1.61. The number of rotatable bonds is 4. The highest BCUT2D eigenvalue weighted by atomic mass is 16.2. The van der Waals surface area contributed by atoms with Crippen molar-refractivity contribution in [2.45, 2.75) is 63.6 Å². The maximum Gasteiger partial charge on any atom is 0.224 e. The monoisotopic (exact) mass is 290 g/mol. The van der Waals surface area contributed by atoms with Gasteiger partial charge in [0.15, 0.2) is 0 Å². The van der Waals surface area contributed by atoms with Crippen molar-refractivity contribution in [1.82, 2.24) is 19.8 Å². The van der Waals surface area contributed by atoms with Crippen LogP contribution >= 0.6 is 0 Å². The first-order chi connectivity index (χ1) is 10.2. The van der Waals surface area contributed by atoms with E-state index in [-0.39, 0.29) is 6.04 Å². The summed E-state index contributed by atoms with van der Waals surface area (Å²) in [7, 11) is 2.00. The SMILES string of the molecule is Cn1ccnc1CN[C@H]1CC(=O)N(C2CCCCCC2)C1. The van der Waals surface area contributed by atoms with Crippen LogP contribution in [0.4, 0.5) is 0 Å². The van der Waals surface area contributed by atoms with E-state index in [1.807, 2.05) is 24.0 Å². The van der Waals surface area contributed by atoms with E-state index in [1.165, 1.54) is 38.5 Å². The number of carbonyl (C=O) groups excluding carboxylic acids is 1. The van der Waals surface area contributed by atoms with E-state index in [9.17, 15) is 4.79 Å². The van der Waals surface area contributed by atoms with Crippen molar-refractivity contribution < 1.29 is 4.79 Å². The third-order valence-corrected chi connectivity index (χ3v) is 4.89. The number of hydrogen-bond donors (Lipinski definition) is 1. The Morgan fingerprint density at radius 2 is 2.05 bits per heavy atom.